The summed E-state index contributed by atoms with van der Waals surface area (Å²) >= 11 is 0. The van der Waals surface area contributed by atoms with Gasteiger partial charge in [-0.2, -0.15) is 0 Å². The summed E-state index contributed by atoms with van der Waals surface area (Å²) in [5.74, 6) is 1.66. The van der Waals surface area contributed by atoms with Crippen molar-refractivity contribution in [3.63, 3.8) is 0 Å². The molecule has 0 aliphatic carbocycles. The third kappa shape index (κ3) is 7.20. The Morgan fingerprint density at radius 3 is 1.31 bits per heavy atom. The first-order valence-electron chi connectivity index (χ1n) is 24.4. The van der Waals surface area contributed by atoms with E-state index in [1.54, 1.807) is 0 Å². The molecule has 0 N–H and O–H groups in total. The molecule has 4 aromatic heterocycles. The Hall–Kier alpha value is -8.61. The van der Waals surface area contributed by atoms with Gasteiger partial charge < -0.3 is 13.4 Å². The van der Waals surface area contributed by atoms with Crippen LogP contribution in [0.5, 0.6) is 0 Å². The van der Waals surface area contributed by atoms with Gasteiger partial charge in [-0.05, 0) is 112 Å². The Labute approximate surface area is 411 Å². The molecule has 71 heavy (non-hydrogen) atoms. The molecular weight excluding hydrogens is 869 g/mol. The molecule has 342 valence electrons. The summed E-state index contributed by atoms with van der Waals surface area (Å²) in [4.78, 5) is 16.1. The Morgan fingerprint density at radius 2 is 0.761 bits per heavy atom. The molecule has 0 amide bonds. The van der Waals surface area contributed by atoms with Crippen LogP contribution in [0.1, 0.15) is 52.7 Å². The van der Waals surface area contributed by atoms with E-state index in [4.69, 9.17) is 23.8 Å². The van der Waals surface area contributed by atoms with Crippen LogP contribution in [0.15, 0.2) is 203 Å². The molecule has 13 aromatic rings. The van der Waals surface area contributed by atoms with Crippen LogP contribution in [-0.4, -0.2) is 19.5 Å². The van der Waals surface area contributed by atoms with Gasteiger partial charge in [-0.15, -0.1) is 0 Å². The van der Waals surface area contributed by atoms with Gasteiger partial charge in [0.15, 0.2) is 17.5 Å². The molecule has 0 unspecified atom stereocenters. The molecule has 0 aliphatic rings. The summed E-state index contributed by atoms with van der Waals surface area (Å²) in [7, 11) is 0. The van der Waals surface area contributed by atoms with Gasteiger partial charge in [-0.25, -0.2) is 15.0 Å². The van der Waals surface area contributed by atoms with Gasteiger partial charge in [0.1, 0.15) is 22.3 Å². The maximum absolute atomic E-state index is 6.43. The fourth-order valence-corrected chi connectivity index (χ4v) is 10.4. The van der Waals surface area contributed by atoms with Gasteiger partial charge >= 0.3 is 0 Å². The molecule has 0 fully saturated rings. The predicted molar refractivity (Wildman–Crippen MR) is 293 cm³/mol. The van der Waals surface area contributed by atoms with Crippen molar-refractivity contribution in [3.05, 3.63) is 205 Å². The summed E-state index contributed by atoms with van der Waals surface area (Å²) in [5, 5.41) is 6.62. The molecule has 0 radical (unpaired) electrons. The SMILES string of the molecule is CC(C)(C)c1ccc2c(c1)c1cc(C(C)(C)C)ccc1n2-c1c(-c2ccccc2)cc(-c2nc(-c3ccc4c(c3)oc3ccccc34)nc(-c3ccc4oc5ccccc5c4c3)n2)cc1-c1ccccc1. The van der Waals surface area contributed by atoms with E-state index < -0.39 is 0 Å². The normalized spacial score (nSPS) is 12.4. The standard InChI is InChI=1S/C65H50N4O2/c1-64(2,3)44-27-30-54-51(37-44)52-38-45(65(4,5)6)28-31-55(52)69(54)60-49(39-17-9-7-10-18-39)34-43(35-50(60)40-19-11-8-12-20-40)63-67-61(41-26-32-58-53(33-41)47-22-14-16-24-57(47)70-58)66-62(68-63)42-25-29-48-46-21-13-15-23-56(46)71-59(48)36-42/h7-38H,1-6H3. The predicted octanol–water partition coefficient (Wildman–Crippen LogP) is 17.7. The first kappa shape index (κ1) is 42.5. The van der Waals surface area contributed by atoms with E-state index in [9.17, 15) is 0 Å². The molecule has 13 rings (SSSR count). The van der Waals surface area contributed by atoms with E-state index in [2.05, 4.69) is 192 Å². The lowest BCUT2D eigenvalue weighted by Gasteiger charge is -2.22. The largest absolute Gasteiger partial charge is 0.456 e. The highest BCUT2D eigenvalue weighted by atomic mass is 16.3. The highest BCUT2D eigenvalue weighted by Crippen LogP contribution is 2.46. The average molecular weight is 919 g/mol. The minimum Gasteiger partial charge on any atom is -0.456 e. The number of hydrogen-bond acceptors (Lipinski definition) is 5. The summed E-state index contributed by atoms with van der Waals surface area (Å²) < 4.78 is 15.2. The van der Waals surface area contributed by atoms with Crippen LogP contribution in [0.4, 0.5) is 0 Å². The van der Waals surface area contributed by atoms with Gasteiger partial charge in [0.2, 0.25) is 0 Å². The first-order valence-corrected chi connectivity index (χ1v) is 24.4. The summed E-state index contributed by atoms with van der Waals surface area (Å²) in [6, 6.07) is 68.9. The number of nitrogens with zero attached hydrogens (tertiary/aromatic N) is 4. The second-order valence-corrected chi connectivity index (χ2v) is 20.9. The van der Waals surface area contributed by atoms with Gasteiger partial charge in [-0.1, -0.05) is 157 Å². The maximum atomic E-state index is 6.43. The van der Waals surface area contributed by atoms with Crippen molar-refractivity contribution in [2.45, 2.75) is 52.4 Å². The van der Waals surface area contributed by atoms with Crippen LogP contribution in [-0.2, 0) is 10.8 Å². The van der Waals surface area contributed by atoms with Gasteiger partial charge in [0, 0.05) is 60.1 Å². The third-order valence-corrected chi connectivity index (χ3v) is 14.2. The highest BCUT2D eigenvalue weighted by Gasteiger charge is 2.26. The van der Waals surface area contributed by atoms with Gasteiger partial charge in [0.25, 0.3) is 0 Å². The van der Waals surface area contributed by atoms with E-state index in [1.165, 1.54) is 21.9 Å². The summed E-state index contributed by atoms with van der Waals surface area (Å²) in [6.45, 7) is 13.8. The van der Waals surface area contributed by atoms with Crippen molar-refractivity contribution in [1.29, 1.82) is 0 Å². The molecule has 0 bridgehead atoms. The van der Waals surface area contributed by atoms with Gasteiger partial charge in [0.05, 0.1) is 16.7 Å². The van der Waals surface area contributed by atoms with Crippen molar-refractivity contribution < 1.29 is 8.83 Å². The number of para-hydroxylation sites is 2. The first-order chi connectivity index (χ1) is 34.4. The number of fused-ring (bicyclic) bond motifs is 9. The molecule has 9 aromatic carbocycles. The molecule has 6 nitrogen and oxygen atoms in total. The van der Waals surface area contributed by atoms with Crippen molar-refractivity contribution >= 4 is 65.7 Å². The lowest BCUT2D eigenvalue weighted by molar-refractivity contribution is 0.590. The van der Waals surface area contributed by atoms with E-state index in [-0.39, 0.29) is 10.8 Å². The second kappa shape index (κ2) is 16.0. The van der Waals surface area contributed by atoms with Crippen LogP contribution in [0, 0.1) is 0 Å². The number of benzene rings is 9. The van der Waals surface area contributed by atoms with Crippen LogP contribution < -0.4 is 0 Å². The molecule has 0 aliphatic heterocycles. The second-order valence-electron chi connectivity index (χ2n) is 20.9. The molecule has 0 saturated carbocycles. The minimum atomic E-state index is -0.0333. The van der Waals surface area contributed by atoms with Crippen molar-refractivity contribution in [2.75, 3.05) is 0 Å². The molecule has 0 spiro atoms. The van der Waals surface area contributed by atoms with E-state index in [1.807, 2.05) is 48.5 Å². The van der Waals surface area contributed by atoms with E-state index in [0.29, 0.717) is 17.5 Å². The Bertz CT molecular complexity index is 4110. The Kier molecular flexibility index (Phi) is 9.56. The van der Waals surface area contributed by atoms with E-state index >= 15 is 0 Å². The van der Waals surface area contributed by atoms with E-state index in [0.717, 1.165) is 99.5 Å². The summed E-state index contributed by atoms with van der Waals surface area (Å²) in [6.07, 6.45) is 0. The number of rotatable bonds is 6. The topological polar surface area (TPSA) is 69.9 Å². The molecule has 6 heteroatoms. The number of hydrogen-bond donors (Lipinski definition) is 0. The minimum absolute atomic E-state index is 0.0333. The van der Waals surface area contributed by atoms with Crippen molar-refractivity contribution in [1.82, 2.24) is 19.5 Å². The van der Waals surface area contributed by atoms with Crippen molar-refractivity contribution in [3.8, 4) is 62.1 Å². The zero-order valence-electron chi connectivity index (χ0n) is 40.6. The van der Waals surface area contributed by atoms with Crippen LogP contribution >= 0.6 is 0 Å². The Balaban J connectivity index is 1.11. The quantitative estimate of drug-likeness (QED) is 0.166. The Morgan fingerprint density at radius 1 is 0.324 bits per heavy atom. The molecule has 0 atom stereocenters. The molecule has 4 heterocycles. The average Bonchev–Trinajstić information content (AvgIpc) is 4.06. The summed E-state index contributed by atoms with van der Waals surface area (Å²) in [5.41, 5.74) is 16.0. The monoisotopic (exact) mass is 918 g/mol. The maximum Gasteiger partial charge on any atom is 0.164 e. The fourth-order valence-electron chi connectivity index (χ4n) is 10.4. The fraction of sp³-hybridized carbons (Fsp3) is 0.123. The van der Waals surface area contributed by atoms with Crippen molar-refractivity contribution in [2.24, 2.45) is 0 Å². The molecular formula is C65H50N4O2. The van der Waals surface area contributed by atoms with Crippen LogP contribution in [0.25, 0.3) is 128 Å². The zero-order chi connectivity index (χ0) is 48.2. The number of furan rings is 2. The van der Waals surface area contributed by atoms with Gasteiger partial charge in [-0.3, -0.25) is 0 Å². The lowest BCUT2D eigenvalue weighted by atomic mass is 9.85. The third-order valence-electron chi connectivity index (χ3n) is 14.2. The van der Waals surface area contributed by atoms with Crippen LogP contribution in [0.2, 0.25) is 0 Å². The number of aromatic nitrogens is 4. The lowest BCUT2D eigenvalue weighted by Crippen LogP contribution is -2.10. The smallest absolute Gasteiger partial charge is 0.164 e. The van der Waals surface area contributed by atoms with Crippen LogP contribution in [0.3, 0.4) is 0 Å². The molecule has 0 saturated heterocycles. The highest BCUT2D eigenvalue weighted by molar-refractivity contribution is 6.12. The zero-order valence-corrected chi connectivity index (χ0v) is 40.6.